The second kappa shape index (κ2) is 6.69. The monoisotopic (exact) mass is 308 g/mol. The first-order valence-electron chi connectivity index (χ1n) is 6.67. The molecule has 0 fully saturated rings. The number of nitrogens with zero attached hydrogens (tertiary/aromatic N) is 3. The molecule has 21 heavy (non-hydrogen) atoms. The number of hydrogen-bond donors (Lipinski definition) is 1. The molecule has 0 saturated carbocycles. The van der Waals surface area contributed by atoms with Gasteiger partial charge in [-0.05, 0) is 25.1 Å². The Morgan fingerprint density at radius 2 is 2.29 bits per heavy atom. The topological polar surface area (TPSA) is 73.0 Å². The lowest BCUT2D eigenvalue weighted by molar-refractivity contribution is -0.384. The lowest BCUT2D eigenvalue weighted by atomic mass is 10.1. The van der Waals surface area contributed by atoms with E-state index in [2.05, 4.69) is 17.3 Å². The molecule has 0 saturated heterocycles. The minimum absolute atomic E-state index is 0.00821. The van der Waals surface area contributed by atoms with E-state index in [9.17, 15) is 10.1 Å². The summed E-state index contributed by atoms with van der Waals surface area (Å²) in [6.07, 6.45) is 4.76. The Labute approximate surface area is 127 Å². The van der Waals surface area contributed by atoms with Crippen molar-refractivity contribution in [1.29, 1.82) is 0 Å². The number of benzene rings is 1. The number of hydrogen-bond acceptors (Lipinski definition) is 4. The van der Waals surface area contributed by atoms with Gasteiger partial charge in [0.2, 0.25) is 0 Å². The van der Waals surface area contributed by atoms with E-state index in [4.69, 9.17) is 11.6 Å². The molecule has 0 aliphatic heterocycles. The number of aromatic nitrogens is 2. The quantitative estimate of drug-likeness (QED) is 0.657. The molecule has 0 radical (unpaired) electrons. The van der Waals surface area contributed by atoms with Crippen LogP contribution in [0.4, 0.5) is 5.69 Å². The van der Waals surface area contributed by atoms with Crippen molar-refractivity contribution in [3.63, 3.8) is 0 Å². The Morgan fingerprint density at radius 1 is 1.52 bits per heavy atom. The maximum Gasteiger partial charge on any atom is 0.270 e. The fourth-order valence-electron chi connectivity index (χ4n) is 2.21. The van der Waals surface area contributed by atoms with Gasteiger partial charge in [-0.15, -0.1) is 0 Å². The third-order valence-corrected chi connectivity index (χ3v) is 3.74. The van der Waals surface area contributed by atoms with Crippen molar-refractivity contribution >= 4 is 17.3 Å². The van der Waals surface area contributed by atoms with Gasteiger partial charge in [0.15, 0.2) is 0 Å². The number of halogens is 1. The van der Waals surface area contributed by atoms with Crippen molar-refractivity contribution in [3.05, 3.63) is 56.9 Å². The van der Waals surface area contributed by atoms with Crippen LogP contribution in [0.2, 0.25) is 5.02 Å². The summed E-state index contributed by atoms with van der Waals surface area (Å²) >= 11 is 6.09. The average molecular weight is 309 g/mol. The summed E-state index contributed by atoms with van der Waals surface area (Å²) < 4.78 is 1.78. The molecule has 2 aromatic rings. The molecule has 1 atom stereocenters. The third-order valence-electron chi connectivity index (χ3n) is 3.39. The maximum atomic E-state index is 10.7. The molecule has 1 aromatic carbocycles. The first-order valence-corrected chi connectivity index (χ1v) is 7.05. The van der Waals surface area contributed by atoms with Gasteiger partial charge in [-0.2, -0.15) is 5.10 Å². The van der Waals surface area contributed by atoms with Crippen molar-refractivity contribution in [2.24, 2.45) is 0 Å². The van der Waals surface area contributed by atoms with Gasteiger partial charge in [-0.3, -0.25) is 14.8 Å². The molecule has 0 aliphatic rings. The number of nitro benzene ring substituents is 1. The predicted octanol–water partition coefficient (Wildman–Crippen LogP) is 3.16. The highest BCUT2D eigenvalue weighted by atomic mass is 35.5. The number of nitrogens with one attached hydrogen (secondary N) is 1. The van der Waals surface area contributed by atoms with Crippen LogP contribution in [0.15, 0.2) is 30.6 Å². The molecule has 6 nitrogen and oxygen atoms in total. The molecule has 1 N–H and O–H groups in total. The second-order valence-corrected chi connectivity index (χ2v) is 5.16. The van der Waals surface area contributed by atoms with Crippen LogP contribution in [0, 0.1) is 10.1 Å². The van der Waals surface area contributed by atoms with E-state index in [1.54, 1.807) is 10.7 Å². The fourth-order valence-corrected chi connectivity index (χ4v) is 2.44. The molecular weight excluding hydrogens is 292 g/mol. The minimum Gasteiger partial charge on any atom is -0.313 e. The Hall–Kier alpha value is -1.92. The van der Waals surface area contributed by atoms with Crippen molar-refractivity contribution in [1.82, 2.24) is 15.1 Å². The highest BCUT2D eigenvalue weighted by molar-refractivity contribution is 6.31. The van der Waals surface area contributed by atoms with E-state index >= 15 is 0 Å². The maximum absolute atomic E-state index is 10.7. The molecule has 1 unspecified atom stereocenters. The van der Waals surface area contributed by atoms with Crippen LogP contribution in [0.1, 0.15) is 30.5 Å². The summed E-state index contributed by atoms with van der Waals surface area (Å²) in [4.78, 5) is 10.2. The Kier molecular flexibility index (Phi) is 4.93. The molecule has 7 heteroatoms. The van der Waals surface area contributed by atoms with Crippen molar-refractivity contribution in [3.8, 4) is 0 Å². The normalized spacial score (nSPS) is 12.3. The zero-order chi connectivity index (χ0) is 15.4. The van der Waals surface area contributed by atoms with E-state index in [0.717, 1.165) is 17.5 Å². The van der Waals surface area contributed by atoms with Gasteiger partial charge in [0.05, 0.1) is 22.7 Å². The Balaban J connectivity index is 2.17. The van der Waals surface area contributed by atoms with Crippen LogP contribution in [0.3, 0.4) is 0 Å². The van der Waals surface area contributed by atoms with Crippen LogP contribution in [-0.2, 0) is 6.54 Å². The molecule has 0 bridgehead atoms. The Morgan fingerprint density at radius 3 is 2.86 bits per heavy atom. The van der Waals surface area contributed by atoms with Crippen molar-refractivity contribution < 1.29 is 4.92 Å². The summed E-state index contributed by atoms with van der Waals surface area (Å²) in [6, 6.07) is 4.75. The summed E-state index contributed by atoms with van der Waals surface area (Å²) in [5.41, 5.74) is 1.90. The van der Waals surface area contributed by atoms with Gasteiger partial charge in [-0.25, -0.2) is 0 Å². The number of rotatable bonds is 6. The zero-order valence-corrected chi connectivity index (χ0v) is 12.7. The average Bonchev–Trinajstić information content (AvgIpc) is 2.91. The lowest BCUT2D eigenvalue weighted by Gasteiger charge is -2.10. The zero-order valence-electron chi connectivity index (χ0n) is 11.9. The first kappa shape index (κ1) is 15.5. The van der Waals surface area contributed by atoms with Crippen LogP contribution < -0.4 is 5.32 Å². The first-order chi connectivity index (χ1) is 10.0. The van der Waals surface area contributed by atoms with E-state index in [1.165, 1.54) is 12.1 Å². The molecule has 112 valence electrons. The molecule has 1 aromatic heterocycles. The van der Waals surface area contributed by atoms with Gasteiger partial charge < -0.3 is 5.32 Å². The highest BCUT2D eigenvalue weighted by Gasteiger charge is 2.12. The van der Waals surface area contributed by atoms with E-state index < -0.39 is 4.92 Å². The number of nitro groups is 1. The highest BCUT2D eigenvalue weighted by Crippen LogP contribution is 2.23. The number of non-ortho nitro benzene ring substituents is 1. The summed E-state index contributed by atoms with van der Waals surface area (Å²) in [7, 11) is 1.92. The van der Waals surface area contributed by atoms with Gasteiger partial charge in [0.1, 0.15) is 0 Å². The van der Waals surface area contributed by atoms with Gasteiger partial charge >= 0.3 is 0 Å². The van der Waals surface area contributed by atoms with E-state index in [1.807, 2.05) is 19.4 Å². The molecule has 0 aliphatic carbocycles. The van der Waals surface area contributed by atoms with Gasteiger partial charge in [0.25, 0.3) is 5.69 Å². The third kappa shape index (κ3) is 3.59. The minimum atomic E-state index is -0.458. The van der Waals surface area contributed by atoms with Gasteiger partial charge in [0, 0.05) is 29.9 Å². The molecule has 0 amide bonds. The molecule has 2 rings (SSSR count). The Bertz CT molecular complexity index is 638. The van der Waals surface area contributed by atoms with Crippen LogP contribution in [-0.4, -0.2) is 21.8 Å². The van der Waals surface area contributed by atoms with E-state index in [0.29, 0.717) is 11.6 Å². The van der Waals surface area contributed by atoms with Crippen LogP contribution >= 0.6 is 11.6 Å². The van der Waals surface area contributed by atoms with Crippen LogP contribution in [0.25, 0.3) is 0 Å². The summed E-state index contributed by atoms with van der Waals surface area (Å²) in [5, 5.41) is 18.6. The van der Waals surface area contributed by atoms with Crippen molar-refractivity contribution in [2.45, 2.75) is 25.9 Å². The summed E-state index contributed by atoms with van der Waals surface area (Å²) in [6.45, 7) is 2.59. The van der Waals surface area contributed by atoms with Crippen molar-refractivity contribution in [2.75, 3.05) is 7.05 Å². The second-order valence-electron chi connectivity index (χ2n) is 4.75. The lowest BCUT2D eigenvalue weighted by Crippen LogP contribution is -2.14. The molecule has 0 spiro atoms. The SMILES string of the molecule is CCC(NC)c1cnn(Cc2ccc([N+](=O)[O-])cc2Cl)c1. The largest absolute Gasteiger partial charge is 0.313 e. The van der Waals surface area contributed by atoms with Crippen LogP contribution in [0.5, 0.6) is 0 Å². The fraction of sp³-hybridized carbons (Fsp3) is 0.357. The van der Waals surface area contributed by atoms with Gasteiger partial charge in [-0.1, -0.05) is 18.5 Å². The summed E-state index contributed by atoms with van der Waals surface area (Å²) in [5.74, 6) is 0. The predicted molar refractivity (Wildman–Crippen MR) is 81.5 cm³/mol. The van der Waals surface area contributed by atoms with E-state index in [-0.39, 0.29) is 11.7 Å². The molecule has 1 heterocycles. The molecular formula is C14H17ClN4O2. The smallest absolute Gasteiger partial charge is 0.270 e. The standard InChI is InChI=1S/C14H17ClN4O2/c1-3-14(16-2)11-7-17-18(9-11)8-10-4-5-12(19(20)21)6-13(10)15/h4-7,9,14,16H,3,8H2,1-2H3.